The number of aryl methyl sites for hydroxylation is 2. The van der Waals surface area contributed by atoms with Gasteiger partial charge in [0.2, 0.25) is 0 Å². The first-order valence-corrected chi connectivity index (χ1v) is 7.02. The lowest BCUT2D eigenvalue weighted by molar-refractivity contribution is 0.0973. The number of Topliss-reactive ketones (excluding diaryl/α,β-unsaturated/α-hetero) is 1. The Balaban J connectivity index is 2.06. The molecule has 0 spiro atoms. The van der Waals surface area contributed by atoms with Gasteiger partial charge in [-0.3, -0.25) is 14.3 Å². The number of aromatic nitrogens is 2. The molecule has 0 radical (unpaired) electrons. The second-order valence-electron chi connectivity index (χ2n) is 5.30. The first-order valence-electron chi connectivity index (χ1n) is 7.02. The van der Waals surface area contributed by atoms with Crippen LogP contribution in [0.2, 0.25) is 0 Å². The highest BCUT2D eigenvalue weighted by Gasteiger charge is 2.27. The molecule has 2 aromatic rings. The summed E-state index contributed by atoms with van der Waals surface area (Å²) in [6, 6.07) is 7.31. The number of anilines is 1. The van der Waals surface area contributed by atoms with Crippen LogP contribution in [0.1, 0.15) is 39.3 Å². The first kappa shape index (κ1) is 13.5. The Morgan fingerprint density at radius 2 is 2.05 bits per heavy atom. The SMILES string of the molecule is Cc1nn(C)cc1C(=O)N1CCCC(=O)c2ccccc21. The van der Waals surface area contributed by atoms with E-state index in [1.165, 1.54) is 0 Å². The number of benzene rings is 1. The molecule has 0 atom stereocenters. The predicted octanol–water partition coefficient (Wildman–Crippen LogP) is 2.35. The van der Waals surface area contributed by atoms with Crippen LogP contribution in [0.25, 0.3) is 0 Å². The van der Waals surface area contributed by atoms with Gasteiger partial charge in [-0.05, 0) is 25.5 Å². The zero-order valence-electron chi connectivity index (χ0n) is 12.2. The Hall–Kier alpha value is -2.43. The summed E-state index contributed by atoms with van der Waals surface area (Å²) in [6.45, 7) is 2.37. The van der Waals surface area contributed by atoms with Crippen molar-refractivity contribution in [2.75, 3.05) is 11.4 Å². The molecule has 0 unspecified atom stereocenters. The van der Waals surface area contributed by atoms with Gasteiger partial charge in [-0.15, -0.1) is 0 Å². The van der Waals surface area contributed by atoms with Crippen molar-refractivity contribution >= 4 is 17.4 Å². The van der Waals surface area contributed by atoms with Crippen molar-refractivity contribution in [3.8, 4) is 0 Å². The molecule has 0 saturated carbocycles. The maximum Gasteiger partial charge on any atom is 0.261 e. The van der Waals surface area contributed by atoms with E-state index in [2.05, 4.69) is 5.10 Å². The van der Waals surface area contributed by atoms with Crippen LogP contribution in [0.5, 0.6) is 0 Å². The summed E-state index contributed by atoms with van der Waals surface area (Å²) >= 11 is 0. The smallest absolute Gasteiger partial charge is 0.261 e. The molecule has 0 aliphatic carbocycles. The standard InChI is InChI=1S/C16H17N3O2/c1-11-13(10-18(2)17-11)16(21)19-9-5-8-15(20)12-6-3-4-7-14(12)19/h3-4,6-7,10H,5,8-9H2,1-2H3. The molecular weight excluding hydrogens is 266 g/mol. The van der Waals surface area contributed by atoms with Gasteiger partial charge in [0.15, 0.2) is 5.78 Å². The summed E-state index contributed by atoms with van der Waals surface area (Å²) in [6.07, 6.45) is 2.89. The molecule has 1 aliphatic heterocycles. The number of ketones is 1. The van der Waals surface area contributed by atoms with Crippen LogP contribution in [0.15, 0.2) is 30.5 Å². The second kappa shape index (κ2) is 5.16. The molecule has 0 N–H and O–H groups in total. The molecule has 5 nitrogen and oxygen atoms in total. The Labute approximate surface area is 123 Å². The van der Waals surface area contributed by atoms with Gasteiger partial charge in [-0.25, -0.2) is 0 Å². The van der Waals surface area contributed by atoms with Crippen molar-refractivity contribution < 1.29 is 9.59 Å². The zero-order valence-corrected chi connectivity index (χ0v) is 12.2. The summed E-state index contributed by atoms with van der Waals surface area (Å²) < 4.78 is 1.64. The van der Waals surface area contributed by atoms with Crippen molar-refractivity contribution in [1.82, 2.24) is 9.78 Å². The van der Waals surface area contributed by atoms with E-state index in [0.717, 1.165) is 0 Å². The number of rotatable bonds is 1. The molecule has 1 aliphatic rings. The van der Waals surface area contributed by atoms with E-state index in [4.69, 9.17) is 0 Å². The normalized spacial score (nSPS) is 14.8. The number of fused-ring (bicyclic) bond motifs is 1. The number of para-hydroxylation sites is 1. The molecule has 0 fully saturated rings. The number of carbonyl (C=O) groups excluding carboxylic acids is 2. The topological polar surface area (TPSA) is 55.2 Å². The Morgan fingerprint density at radius 3 is 2.76 bits per heavy atom. The van der Waals surface area contributed by atoms with E-state index in [0.29, 0.717) is 41.9 Å². The highest BCUT2D eigenvalue weighted by atomic mass is 16.2. The fourth-order valence-corrected chi connectivity index (χ4v) is 2.76. The average Bonchev–Trinajstić information content (AvgIpc) is 2.71. The van der Waals surface area contributed by atoms with Gasteiger partial charge in [0, 0.05) is 31.8 Å². The van der Waals surface area contributed by atoms with Crippen molar-refractivity contribution in [3.63, 3.8) is 0 Å². The van der Waals surface area contributed by atoms with Gasteiger partial charge < -0.3 is 4.90 Å². The number of hydrogen-bond acceptors (Lipinski definition) is 3. The Bertz CT molecular complexity index is 718. The molecule has 108 valence electrons. The van der Waals surface area contributed by atoms with Crippen LogP contribution in [0.4, 0.5) is 5.69 Å². The summed E-state index contributed by atoms with van der Waals surface area (Å²) in [7, 11) is 1.80. The molecule has 0 bridgehead atoms. The van der Waals surface area contributed by atoms with Crippen molar-refractivity contribution in [2.45, 2.75) is 19.8 Å². The van der Waals surface area contributed by atoms with E-state index < -0.39 is 0 Å². The number of amides is 1. The average molecular weight is 283 g/mol. The van der Waals surface area contributed by atoms with Crippen LogP contribution < -0.4 is 4.90 Å². The van der Waals surface area contributed by atoms with E-state index in [-0.39, 0.29) is 11.7 Å². The zero-order chi connectivity index (χ0) is 15.0. The van der Waals surface area contributed by atoms with Crippen LogP contribution in [-0.2, 0) is 7.05 Å². The minimum absolute atomic E-state index is 0.0947. The summed E-state index contributed by atoms with van der Waals surface area (Å²) in [5.41, 5.74) is 2.62. The maximum atomic E-state index is 12.8. The number of carbonyl (C=O) groups is 2. The van der Waals surface area contributed by atoms with Gasteiger partial charge in [-0.2, -0.15) is 5.10 Å². The highest BCUT2D eigenvalue weighted by molar-refractivity contribution is 6.11. The van der Waals surface area contributed by atoms with Gasteiger partial charge in [-0.1, -0.05) is 12.1 Å². The molecule has 1 aromatic carbocycles. The van der Waals surface area contributed by atoms with Crippen molar-refractivity contribution in [1.29, 1.82) is 0 Å². The van der Waals surface area contributed by atoms with E-state index in [9.17, 15) is 9.59 Å². The Morgan fingerprint density at radius 1 is 1.29 bits per heavy atom. The second-order valence-corrected chi connectivity index (χ2v) is 5.30. The third-order valence-electron chi connectivity index (χ3n) is 3.77. The van der Waals surface area contributed by atoms with Gasteiger partial charge in [0.1, 0.15) is 0 Å². The van der Waals surface area contributed by atoms with Crippen LogP contribution in [-0.4, -0.2) is 28.0 Å². The van der Waals surface area contributed by atoms with Crippen LogP contribution >= 0.6 is 0 Å². The molecule has 1 aromatic heterocycles. The van der Waals surface area contributed by atoms with E-state index in [1.54, 1.807) is 28.9 Å². The molecule has 0 saturated heterocycles. The highest BCUT2D eigenvalue weighted by Crippen LogP contribution is 2.27. The lowest BCUT2D eigenvalue weighted by atomic mass is 10.1. The minimum atomic E-state index is -0.0947. The quantitative estimate of drug-likeness (QED) is 0.807. The number of nitrogens with zero attached hydrogens (tertiary/aromatic N) is 3. The summed E-state index contributed by atoms with van der Waals surface area (Å²) in [4.78, 5) is 26.6. The fraction of sp³-hybridized carbons (Fsp3) is 0.312. The monoisotopic (exact) mass is 283 g/mol. The maximum absolute atomic E-state index is 12.8. The molecule has 1 amide bonds. The predicted molar refractivity (Wildman–Crippen MR) is 79.6 cm³/mol. The van der Waals surface area contributed by atoms with Crippen LogP contribution in [0.3, 0.4) is 0 Å². The largest absolute Gasteiger partial charge is 0.308 e. The molecular formula is C16H17N3O2. The minimum Gasteiger partial charge on any atom is -0.308 e. The fourth-order valence-electron chi connectivity index (χ4n) is 2.76. The third kappa shape index (κ3) is 2.35. The van der Waals surface area contributed by atoms with E-state index >= 15 is 0 Å². The molecule has 5 heteroatoms. The van der Waals surface area contributed by atoms with Gasteiger partial charge >= 0.3 is 0 Å². The third-order valence-corrected chi connectivity index (χ3v) is 3.77. The van der Waals surface area contributed by atoms with Crippen molar-refractivity contribution in [2.24, 2.45) is 7.05 Å². The molecule has 2 heterocycles. The first-order chi connectivity index (χ1) is 10.1. The molecule has 3 rings (SSSR count). The number of hydrogen-bond donors (Lipinski definition) is 0. The van der Waals surface area contributed by atoms with Crippen LogP contribution in [0, 0.1) is 6.92 Å². The van der Waals surface area contributed by atoms with Crippen molar-refractivity contribution in [3.05, 3.63) is 47.3 Å². The lowest BCUT2D eigenvalue weighted by Gasteiger charge is -2.22. The summed E-state index contributed by atoms with van der Waals surface area (Å²) in [5.74, 6) is 0.00607. The molecule has 21 heavy (non-hydrogen) atoms. The lowest BCUT2D eigenvalue weighted by Crippen LogP contribution is -2.32. The van der Waals surface area contributed by atoms with E-state index in [1.807, 2.05) is 25.1 Å². The summed E-state index contributed by atoms with van der Waals surface area (Å²) in [5, 5.41) is 4.22. The van der Waals surface area contributed by atoms with Gasteiger partial charge in [0.25, 0.3) is 5.91 Å². The van der Waals surface area contributed by atoms with Gasteiger partial charge in [0.05, 0.1) is 16.9 Å². The Kier molecular flexibility index (Phi) is 3.33.